The highest BCUT2D eigenvalue weighted by molar-refractivity contribution is 6.30. The molecule has 1 aliphatic carbocycles. The number of carbonyl (C=O) groups is 2. The average Bonchev–Trinajstić information content (AvgIpc) is 3.28. The molecule has 1 atom stereocenters. The lowest BCUT2D eigenvalue weighted by Gasteiger charge is -2.31. The van der Waals surface area contributed by atoms with Crippen molar-refractivity contribution >= 4 is 23.4 Å². The van der Waals surface area contributed by atoms with E-state index in [1.54, 1.807) is 17.0 Å². The zero-order valence-corrected chi connectivity index (χ0v) is 20.0. The Morgan fingerprint density at radius 1 is 1.12 bits per heavy atom. The van der Waals surface area contributed by atoms with Gasteiger partial charge < -0.3 is 15.0 Å². The summed E-state index contributed by atoms with van der Waals surface area (Å²) in [6, 6.07) is 12.9. The Hall–Kier alpha value is -2.53. The number of halogens is 1. The van der Waals surface area contributed by atoms with E-state index in [-0.39, 0.29) is 24.5 Å². The maximum absolute atomic E-state index is 13.3. The van der Waals surface area contributed by atoms with Gasteiger partial charge in [-0.3, -0.25) is 9.59 Å². The maximum Gasteiger partial charge on any atom is 0.261 e. The van der Waals surface area contributed by atoms with Crippen molar-refractivity contribution in [1.29, 1.82) is 0 Å². The van der Waals surface area contributed by atoms with Gasteiger partial charge in [0, 0.05) is 17.6 Å². The Balaban J connectivity index is 1.77. The molecule has 2 aromatic rings. The fraction of sp³-hybridized carbons (Fsp3) is 0.462. The lowest BCUT2D eigenvalue weighted by Crippen LogP contribution is -2.52. The first kappa shape index (κ1) is 24.1. The topological polar surface area (TPSA) is 58.6 Å². The van der Waals surface area contributed by atoms with Crippen LogP contribution in [0.3, 0.4) is 0 Å². The fourth-order valence-corrected chi connectivity index (χ4v) is 4.28. The lowest BCUT2D eigenvalue weighted by molar-refractivity contribution is -0.143. The second kappa shape index (κ2) is 11.4. The first-order chi connectivity index (χ1) is 15.4. The summed E-state index contributed by atoms with van der Waals surface area (Å²) in [6.45, 7) is 6.08. The highest BCUT2D eigenvalue weighted by Gasteiger charge is 2.30. The summed E-state index contributed by atoms with van der Waals surface area (Å²) >= 11 is 6.03. The number of hydrogen-bond acceptors (Lipinski definition) is 3. The van der Waals surface area contributed by atoms with Gasteiger partial charge in [0.25, 0.3) is 5.91 Å². The number of carbonyl (C=O) groups excluding carboxylic acids is 2. The molecule has 6 heteroatoms. The Labute approximate surface area is 196 Å². The van der Waals surface area contributed by atoms with E-state index >= 15 is 0 Å². The quantitative estimate of drug-likeness (QED) is 0.564. The minimum atomic E-state index is -0.555. The zero-order valence-electron chi connectivity index (χ0n) is 19.2. The molecule has 5 nitrogen and oxygen atoms in total. The second-order valence-corrected chi connectivity index (χ2v) is 9.06. The molecule has 2 aromatic carbocycles. The number of nitrogens with zero attached hydrogens (tertiary/aromatic N) is 1. The van der Waals surface area contributed by atoms with E-state index in [1.807, 2.05) is 51.1 Å². The van der Waals surface area contributed by atoms with Crippen molar-refractivity contribution in [3.63, 3.8) is 0 Å². The van der Waals surface area contributed by atoms with Crippen LogP contribution in [0.5, 0.6) is 5.75 Å². The highest BCUT2D eigenvalue weighted by atomic mass is 35.5. The van der Waals surface area contributed by atoms with Crippen LogP contribution in [-0.4, -0.2) is 35.4 Å². The molecule has 1 N–H and O–H groups in total. The third-order valence-electron chi connectivity index (χ3n) is 6.05. The molecule has 2 amide bonds. The summed E-state index contributed by atoms with van der Waals surface area (Å²) in [5.41, 5.74) is 2.96. The molecule has 1 aliphatic rings. The SMILES string of the molecule is CCC(C(=O)NC1CCCC1)N(Cc1ccc(Cl)cc1)C(=O)COc1cc(C)ccc1C. The van der Waals surface area contributed by atoms with Gasteiger partial charge in [0.15, 0.2) is 6.61 Å². The molecule has 32 heavy (non-hydrogen) atoms. The number of nitrogens with one attached hydrogen (secondary N) is 1. The summed E-state index contributed by atoms with van der Waals surface area (Å²) in [7, 11) is 0. The Morgan fingerprint density at radius 2 is 1.81 bits per heavy atom. The molecule has 0 radical (unpaired) electrons. The normalized spacial score (nSPS) is 14.8. The Kier molecular flexibility index (Phi) is 8.57. The number of rotatable bonds is 9. The molecule has 0 saturated heterocycles. The molecule has 0 aliphatic heterocycles. The van der Waals surface area contributed by atoms with Gasteiger partial charge in [-0.2, -0.15) is 0 Å². The number of benzene rings is 2. The van der Waals surface area contributed by atoms with Crippen LogP contribution < -0.4 is 10.1 Å². The Morgan fingerprint density at radius 3 is 2.47 bits per heavy atom. The largest absolute Gasteiger partial charge is 0.483 e. The average molecular weight is 457 g/mol. The maximum atomic E-state index is 13.3. The number of aryl methyl sites for hydroxylation is 2. The molecule has 0 heterocycles. The second-order valence-electron chi connectivity index (χ2n) is 8.62. The van der Waals surface area contributed by atoms with Gasteiger partial charge in [0.05, 0.1) is 0 Å². The Bertz CT molecular complexity index is 923. The standard InChI is InChI=1S/C26H33ClN2O3/c1-4-23(26(31)28-22-7-5-6-8-22)29(16-20-11-13-21(27)14-12-20)25(30)17-32-24-15-18(2)9-10-19(24)3/h9-15,22-23H,4-8,16-17H2,1-3H3,(H,28,31). The predicted molar refractivity (Wildman–Crippen MR) is 128 cm³/mol. The van der Waals surface area contributed by atoms with E-state index in [0.29, 0.717) is 23.7 Å². The van der Waals surface area contributed by atoms with Gasteiger partial charge in [-0.25, -0.2) is 0 Å². The highest BCUT2D eigenvalue weighted by Crippen LogP contribution is 2.21. The third-order valence-corrected chi connectivity index (χ3v) is 6.30. The van der Waals surface area contributed by atoms with Gasteiger partial charge in [0.1, 0.15) is 11.8 Å². The van der Waals surface area contributed by atoms with Crippen molar-refractivity contribution in [1.82, 2.24) is 10.2 Å². The first-order valence-electron chi connectivity index (χ1n) is 11.4. The number of hydrogen-bond donors (Lipinski definition) is 1. The van der Waals surface area contributed by atoms with Gasteiger partial charge in [-0.05, 0) is 68.0 Å². The predicted octanol–water partition coefficient (Wildman–Crippen LogP) is 5.20. The molecular weight excluding hydrogens is 424 g/mol. The summed E-state index contributed by atoms with van der Waals surface area (Å²) in [5.74, 6) is 0.385. The van der Waals surface area contributed by atoms with Gasteiger partial charge in [-0.1, -0.05) is 55.6 Å². The smallest absolute Gasteiger partial charge is 0.261 e. The van der Waals surface area contributed by atoms with E-state index in [1.165, 1.54) is 0 Å². The molecule has 3 rings (SSSR count). The summed E-state index contributed by atoms with van der Waals surface area (Å²) in [4.78, 5) is 28.1. The molecular formula is C26H33ClN2O3. The van der Waals surface area contributed by atoms with E-state index < -0.39 is 6.04 Å². The minimum Gasteiger partial charge on any atom is -0.483 e. The van der Waals surface area contributed by atoms with Gasteiger partial charge >= 0.3 is 0 Å². The van der Waals surface area contributed by atoms with Gasteiger partial charge in [-0.15, -0.1) is 0 Å². The van der Waals surface area contributed by atoms with Crippen molar-refractivity contribution < 1.29 is 14.3 Å². The minimum absolute atomic E-state index is 0.0894. The summed E-state index contributed by atoms with van der Waals surface area (Å²) < 4.78 is 5.88. The van der Waals surface area contributed by atoms with Crippen molar-refractivity contribution in [3.8, 4) is 5.75 Å². The van der Waals surface area contributed by atoms with Crippen LogP contribution in [0.2, 0.25) is 5.02 Å². The van der Waals surface area contributed by atoms with E-state index in [9.17, 15) is 9.59 Å². The molecule has 1 saturated carbocycles. The molecule has 0 aromatic heterocycles. The molecule has 1 unspecified atom stereocenters. The van der Waals surface area contributed by atoms with Crippen LogP contribution in [0.15, 0.2) is 42.5 Å². The van der Waals surface area contributed by atoms with Crippen LogP contribution in [0.4, 0.5) is 0 Å². The van der Waals surface area contributed by atoms with Crippen molar-refractivity contribution in [2.45, 2.75) is 71.5 Å². The van der Waals surface area contributed by atoms with E-state index in [2.05, 4.69) is 5.32 Å². The summed E-state index contributed by atoms with van der Waals surface area (Å²) in [5, 5.41) is 3.79. The van der Waals surface area contributed by atoms with Crippen molar-refractivity contribution in [2.24, 2.45) is 0 Å². The molecule has 0 spiro atoms. The van der Waals surface area contributed by atoms with Crippen molar-refractivity contribution in [2.75, 3.05) is 6.61 Å². The third kappa shape index (κ3) is 6.49. The van der Waals surface area contributed by atoms with Crippen LogP contribution in [0, 0.1) is 13.8 Å². The molecule has 0 bridgehead atoms. The first-order valence-corrected chi connectivity index (χ1v) is 11.8. The monoisotopic (exact) mass is 456 g/mol. The number of ether oxygens (including phenoxy) is 1. The van der Waals surface area contributed by atoms with E-state index in [0.717, 1.165) is 42.4 Å². The van der Waals surface area contributed by atoms with E-state index in [4.69, 9.17) is 16.3 Å². The van der Waals surface area contributed by atoms with Crippen LogP contribution in [0.25, 0.3) is 0 Å². The number of amides is 2. The fourth-order valence-electron chi connectivity index (χ4n) is 4.16. The lowest BCUT2D eigenvalue weighted by atomic mass is 10.1. The zero-order chi connectivity index (χ0) is 23.1. The molecule has 1 fully saturated rings. The van der Waals surface area contributed by atoms with Crippen molar-refractivity contribution in [3.05, 3.63) is 64.2 Å². The van der Waals surface area contributed by atoms with Gasteiger partial charge in [0.2, 0.25) is 5.91 Å². The van der Waals surface area contributed by atoms with Crippen LogP contribution >= 0.6 is 11.6 Å². The molecule has 172 valence electrons. The van der Waals surface area contributed by atoms with Crippen LogP contribution in [0.1, 0.15) is 55.7 Å². The summed E-state index contributed by atoms with van der Waals surface area (Å²) in [6.07, 6.45) is 4.81. The van der Waals surface area contributed by atoms with Crippen LogP contribution in [-0.2, 0) is 16.1 Å².